The average Bonchev–Trinajstić information content (AvgIpc) is 2.58. The molecular weight excluding hydrogens is 172 g/mol. The molecule has 0 aromatic heterocycles. The standard InChI is InChI=1S/C12H26N2/c1-4-13-10-12-6-5-8-14(12)9-7-11(2)3/h11-13H,4-10H2,1-3H3. The van der Waals surface area contributed by atoms with Crippen LogP contribution in [-0.4, -0.2) is 37.1 Å². The van der Waals surface area contributed by atoms with Crippen LogP contribution in [0.15, 0.2) is 0 Å². The molecule has 0 saturated carbocycles. The van der Waals surface area contributed by atoms with E-state index in [-0.39, 0.29) is 0 Å². The molecule has 1 aliphatic rings. The van der Waals surface area contributed by atoms with Gasteiger partial charge in [0.1, 0.15) is 0 Å². The summed E-state index contributed by atoms with van der Waals surface area (Å²) in [5.74, 6) is 0.843. The van der Waals surface area contributed by atoms with Gasteiger partial charge < -0.3 is 5.32 Å². The van der Waals surface area contributed by atoms with Gasteiger partial charge in [0, 0.05) is 12.6 Å². The highest BCUT2D eigenvalue weighted by Gasteiger charge is 2.23. The Morgan fingerprint density at radius 2 is 2.21 bits per heavy atom. The number of rotatable bonds is 6. The van der Waals surface area contributed by atoms with E-state index in [9.17, 15) is 0 Å². The number of hydrogen-bond acceptors (Lipinski definition) is 2. The second-order valence-electron chi connectivity index (χ2n) is 4.82. The number of nitrogens with zero attached hydrogens (tertiary/aromatic N) is 1. The second kappa shape index (κ2) is 6.41. The summed E-state index contributed by atoms with van der Waals surface area (Å²) in [5.41, 5.74) is 0. The number of likely N-dealkylation sites (N-methyl/N-ethyl adjacent to an activating group) is 1. The maximum atomic E-state index is 3.47. The zero-order valence-corrected chi connectivity index (χ0v) is 10.1. The third kappa shape index (κ3) is 3.97. The van der Waals surface area contributed by atoms with Crippen LogP contribution < -0.4 is 5.32 Å². The van der Waals surface area contributed by atoms with Gasteiger partial charge in [-0.1, -0.05) is 20.8 Å². The molecule has 14 heavy (non-hydrogen) atoms. The largest absolute Gasteiger partial charge is 0.315 e. The van der Waals surface area contributed by atoms with Crippen molar-refractivity contribution in [1.29, 1.82) is 0 Å². The fraction of sp³-hybridized carbons (Fsp3) is 1.00. The molecule has 1 saturated heterocycles. The molecule has 1 fully saturated rings. The van der Waals surface area contributed by atoms with Gasteiger partial charge in [-0.3, -0.25) is 4.90 Å². The Bertz CT molecular complexity index is 145. The molecule has 0 aromatic carbocycles. The molecule has 0 spiro atoms. The van der Waals surface area contributed by atoms with Gasteiger partial charge in [0.25, 0.3) is 0 Å². The summed E-state index contributed by atoms with van der Waals surface area (Å²) < 4.78 is 0. The monoisotopic (exact) mass is 198 g/mol. The molecule has 1 N–H and O–H groups in total. The molecule has 0 bridgehead atoms. The number of likely N-dealkylation sites (tertiary alicyclic amines) is 1. The molecule has 2 nitrogen and oxygen atoms in total. The summed E-state index contributed by atoms with van der Waals surface area (Å²) in [7, 11) is 0. The molecule has 1 aliphatic heterocycles. The minimum atomic E-state index is 0.814. The van der Waals surface area contributed by atoms with E-state index in [0.717, 1.165) is 18.5 Å². The summed E-state index contributed by atoms with van der Waals surface area (Å²) in [6, 6.07) is 0.814. The van der Waals surface area contributed by atoms with Crippen molar-refractivity contribution in [2.75, 3.05) is 26.2 Å². The molecule has 0 aromatic rings. The highest BCUT2D eigenvalue weighted by molar-refractivity contribution is 4.80. The minimum absolute atomic E-state index is 0.814. The summed E-state index contributed by atoms with van der Waals surface area (Å²) in [6.45, 7) is 11.7. The topological polar surface area (TPSA) is 15.3 Å². The van der Waals surface area contributed by atoms with Crippen LogP contribution in [0.1, 0.15) is 40.0 Å². The SMILES string of the molecule is CCNCC1CCCN1CCC(C)C. The van der Waals surface area contributed by atoms with Crippen molar-refractivity contribution in [2.24, 2.45) is 5.92 Å². The molecule has 1 heterocycles. The van der Waals surface area contributed by atoms with Crippen LogP contribution in [-0.2, 0) is 0 Å². The van der Waals surface area contributed by atoms with E-state index in [1.165, 1.54) is 38.9 Å². The normalized spacial score (nSPS) is 23.6. The smallest absolute Gasteiger partial charge is 0.0221 e. The molecule has 0 aliphatic carbocycles. The third-order valence-corrected chi connectivity index (χ3v) is 3.12. The van der Waals surface area contributed by atoms with Crippen molar-refractivity contribution in [1.82, 2.24) is 10.2 Å². The fourth-order valence-corrected chi connectivity index (χ4v) is 2.16. The van der Waals surface area contributed by atoms with Crippen molar-refractivity contribution >= 4 is 0 Å². The fourth-order valence-electron chi connectivity index (χ4n) is 2.16. The van der Waals surface area contributed by atoms with Crippen molar-refractivity contribution < 1.29 is 0 Å². The summed E-state index contributed by atoms with van der Waals surface area (Å²) >= 11 is 0. The minimum Gasteiger partial charge on any atom is -0.315 e. The van der Waals surface area contributed by atoms with Gasteiger partial charge >= 0.3 is 0 Å². The lowest BCUT2D eigenvalue weighted by Gasteiger charge is -2.25. The van der Waals surface area contributed by atoms with Crippen molar-refractivity contribution in [3.05, 3.63) is 0 Å². The van der Waals surface area contributed by atoms with Crippen molar-refractivity contribution in [2.45, 2.75) is 46.1 Å². The van der Waals surface area contributed by atoms with Crippen molar-refractivity contribution in [3.63, 3.8) is 0 Å². The molecule has 2 heteroatoms. The van der Waals surface area contributed by atoms with E-state index < -0.39 is 0 Å². The van der Waals surface area contributed by atoms with Crippen LogP contribution in [0.3, 0.4) is 0 Å². The lowest BCUT2D eigenvalue weighted by molar-refractivity contribution is 0.235. The Balaban J connectivity index is 2.21. The van der Waals surface area contributed by atoms with Crippen LogP contribution in [0, 0.1) is 5.92 Å². The highest BCUT2D eigenvalue weighted by Crippen LogP contribution is 2.17. The van der Waals surface area contributed by atoms with Gasteiger partial charge in [-0.05, 0) is 44.8 Å². The molecule has 0 amide bonds. The van der Waals surface area contributed by atoms with Crippen molar-refractivity contribution in [3.8, 4) is 0 Å². The summed E-state index contributed by atoms with van der Waals surface area (Å²) in [6.07, 6.45) is 4.14. The Labute approximate surface area is 89.1 Å². The molecule has 1 atom stereocenters. The first-order chi connectivity index (χ1) is 6.74. The Morgan fingerprint density at radius 3 is 2.86 bits per heavy atom. The van der Waals surface area contributed by atoms with Crippen LogP contribution in [0.25, 0.3) is 0 Å². The zero-order chi connectivity index (χ0) is 10.4. The lowest BCUT2D eigenvalue weighted by atomic mass is 10.1. The van der Waals surface area contributed by atoms with Crippen LogP contribution in [0.2, 0.25) is 0 Å². The second-order valence-corrected chi connectivity index (χ2v) is 4.82. The van der Waals surface area contributed by atoms with Gasteiger partial charge in [0.2, 0.25) is 0 Å². The Kier molecular flexibility index (Phi) is 5.49. The van der Waals surface area contributed by atoms with Gasteiger partial charge in [-0.25, -0.2) is 0 Å². The molecule has 84 valence electrons. The summed E-state index contributed by atoms with van der Waals surface area (Å²) in [5, 5.41) is 3.47. The average molecular weight is 198 g/mol. The van der Waals surface area contributed by atoms with Crippen LogP contribution >= 0.6 is 0 Å². The van der Waals surface area contributed by atoms with E-state index >= 15 is 0 Å². The molecular formula is C12H26N2. The number of hydrogen-bond donors (Lipinski definition) is 1. The quantitative estimate of drug-likeness (QED) is 0.703. The van der Waals surface area contributed by atoms with Crippen LogP contribution in [0.5, 0.6) is 0 Å². The zero-order valence-electron chi connectivity index (χ0n) is 10.1. The Morgan fingerprint density at radius 1 is 1.43 bits per heavy atom. The molecule has 0 radical (unpaired) electrons. The summed E-state index contributed by atoms with van der Waals surface area (Å²) in [4.78, 5) is 2.67. The maximum Gasteiger partial charge on any atom is 0.0221 e. The van der Waals surface area contributed by atoms with E-state index in [2.05, 4.69) is 31.0 Å². The molecule has 1 unspecified atom stereocenters. The van der Waals surface area contributed by atoms with Gasteiger partial charge in [0.05, 0.1) is 0 Å². The third-order valence-electron chi connectivity index (χ3n) is 3.12. The highest BCUT2D eigenvalue weighted by atomic mass is 15.2. The van der Waals surface area contributed by atoms with Gasteiger partial charge in [-0.2, -0.15) is 0 Å². The Hall–Kier alpha value is -0.0800. The van der Waals surface area contributed by atoms with Gasteiger partial charge in [0.15, 0.2) is 0 Å². The first-order valence-corrected chi connectivity index (χ1v) is 6.18. The lowest BCUT2D eigenvalue weighted by Crippen LogP contribution is -2.38. The van der Waals surface area contributed by atoms with Crippen LogP contribution in [0.4, 0.5) is 0 Å². The van der Waals surface area contributed by atoms with E-state index in [1.54, 1.807) is 0 Å². The van der Waals surface area contributed by atoms with Gasteiger partial charge in [-0.15, -0.1) is 0 Å². The first kappa shape index (κ1) is 12.0. The first-order valence-electron chi connectivity index (χ1n) is 6.18. The van der Waals surface area contributed by atoms with E-state index in [1.807, 2.05) is 0 Å². The predicted molar refractivity (Wildman–Crippen MR) is 62.6 cm³/mol. The number of nitrogens with one attached hydrogen (secondary N) is 1. The predicted octanol–water partition coefficient (Wildman–Crippen LogP) is 2.11. The maximum absolute atomic E-state index is 3.47. The van der Waals surface area contributed by atoms with E-state index in [4.69, 9.17) is 0 Å². The molecule has 1 rings (SSSR count). The van der Waals surface area contributed by atoms with E-state index in [0.29, 0.717) is 0 Å².